The lowest BCUT2D eigenvalue weighted by molar-refractivity contribution is -0.120. The van der Waals surface area contributed by atoms with Gasteiger partial charge in [-0.05, 0) is 11.4 Å². The number of aromatic nitrogens is 2. The Kier molecular flexibility index (Phi) is 5.18. The molecule has 5 nitrogen and oxygen atoms in total. The van der Waals surface area contributed by atoms with Crippen molar-refractivity contribution in [2.75, 3.05) is 6.54 Å². The first-order valence-electron chi connectivity index (χ1n) is 7.63. The number of hydrogen-bond donors (Lipinski definition) is 1. The van der Waals surface area contributed by atoms with Crippen molar-refractivity contribution in [3.63, 3.8) is 0 Å². The molecule has 24 heavy (non-hydrogen) atoms. The monoisotopic (exact) mass is 339 g/mol. The lowest BCUT2D eigenvalue weighted by Gasteiger charge is -2.08. The highest BCUT2D eigenvalue weighted by atomic mass is 32.1. The molecule has 122 valence electrons. The molecule has 1 N–H and O–H groups in total. The van der Waals surface area contributed by atoms with Crippen molar-refractivity contribution in [2.45, 2.75) is 13.0 Å². The van der Waals surface area contributed by atoms with E-state index in [1.165, 1.54) is 17.0 Å². The smallest absolute Gasteiger partial charge is 0.253 e. The maximum absolute atomic E-state index is 12.2. The molecule has 2 heterocycles. The molecule has 3 aromatic rings. The average Bonchev–Trinajstić information content (AvgIpc) is 3.10. The van der Waals surface area contributed by atoms with E-state index in [2.05, 4.69) is 10.3 Å². The van der Waals surface area contributed by atoms with Gasteiger partial charge in [0.2, 0.25) is 5.91 Å². The Morgan fingerprint density at radius 3 is 2.71 bits per heavy atom. The van der Waals surface area contributed by atoms with E-state index in [-0.39, 0.29) is 11.5 Å². The van der Waals surface area contributed by atoms with E-state index < -0.39 is 0 Å². The summed E-state index contributed by atoms with van der Waals surface area (Å²) in [7, 11) is 0. The van der Waals surface area contributed by atoms with E-state index in [0.29, 0.717) is 25.2 Å². The molecular weight excluding hydrogens is 322 g/mol. The van der Waals surface area contributed by atoms with Gasteiger partial charge in [0.25, 0.3) is 5.56 Å². The zero-order chi connectivity index (χ0) is 16.8. The number of carbonyl (C=O) groups excluding carboxylic acids is 1. The van der Waals surface area contributed by atoms with Crippen LogP contribution < -0.4 is 10.9 Å². The number of thiophene rings is 1. The van der Waals surface area contributed by atoms with E-state index in [9.17, 15) is 9.59 Å². The number of hydrogen-bond acceptors (Lipinski definition) is 4. The molecule has 0 aliphatic heterocycles. The van der Waals surface area contributed by atoms with Crippen molar-refractivity contribution < 1.29 is 4.79 Å². The third kappa shape index (κ3) is 4.17. The molecule has 0 radical (unpaired) electrons. The highest BCUT2D eigenvalue weighted by molar-refractivity contribution is 7.10. The van der Waals surface area contributed by atoms with Gasteiger partial charge in [-0.15, -0.1) is 11.3 Å². The second-order valence-corrected chi connectivity index (χ2v) is 6.31. The molecule has 3 rings (SSSR count). The van der Waals surface area contributed by atoms with Crippen molar-refractivity contribution in [3.8, 4) is 11.3 Å². The Bertz CT molecular complexity index is 857. The van der Waals surface area contributed by atoms with Gasteiger partial charge in [0.1, 0.15) is 0 Å². The molecule has 0 aliphatic rings. The molecule has 0 saturated carbocycles. The molecule has 1 aromatic carbocycles. The minimum Gasteiger partial charge on any atom is -0.354 e. The molecule has 0 unspecified atom stereocenters. The van der Waals surface area contributed by atoms with Gasteiger partial charge in [-0.3, -0.25) is 14.2 Å². The normalized spacial score (nSPS) is 10.5. The summed E-state index contributed by atoms with van der Waals surface area (Å²) in [6.45, 7) is 0.799. The number of nitrogens with zero attached hydrogens (tertiary/aromatic N) is 2. The van der Waals surface area contributed by atoms with Crippen molar-refractivity contribution in [2.24, 2.45) is 0 Å². The van der Waals surface area contributed by atoms with Gasteiger partial charge < -0.3 is 5.32 Å². The molecule has 0 fully saturated rings. The van der Waals surface area contributed by atoms with Gasteiger partial charge in [0.05, 0.1) is 18.4 Å². The summed E-state index contributed by atoms with van der Waals surface area (Å²) in [5.41, 5.74) is 1.43. The molecule has 0 spiro atoms. The first-order valence-corrected chi connectivity index (χ1v) is 8.51. The summed E-state index contributed by atoms with van der Waals surface area (Å²) in [6.07, 6.45) is 1.90. The fourth-order valence-corrected chi connectivity index (χ4v) is 3.01. The molecular formula is C18H17N3O2S. The molecule has 2 aromatic heterocycles. The van der Waals surface area contributed by atoms with Crippen molar-refractivity contribution in [3.05, 3.63) is 75.5 Å². The SMILES string of the molecule is O=C(Cc1cccs1)NCCn1cnc(-c2ccccc2)cc1=O. The molecule has 0 aliphatic carbocycles. The van der Waals surface area contributed by atoms with Gasteiger partial charge in [-0.25, -0.2) is 4.98 Å². The van der Waals surface area contributed by atoms with E-state index in [4.69, 9.17) is 0 Å². The standard InChI is InChI=1S/C18H17N3O2S/c22-17(11-15-7-4-10-24-15)19-8-9-21-13-20-16(12-18(21)23)14-5-2-1-3-6-14/h1-7,10,12-13H,8-9,11H2,(H,19,22). The molecule has 0 bridgehead atoms. The van der Waals surface area contributed by atoms with Crippen LogP contribution in [0.15, 0.2) is 65.0 Å². The fourth-order valence-electron chi connectivity index (χ4n) is 2.31. The van der Waals surface area contributed by atoms with Crippen molar-refractivity contribution in [1.82, 2.24) is 14.9 Å². The Morgan fingerprint density at radius 2 is 2.00 bits per heavy atom. The van der Waals surface area contributed by atoms with Crippen LogP contribution >= 0.6 is 11.3 Å². The third-order valence-electron chi connectivity index (χ3n) is 3.54. The highest BCUT2D eigenvalue weighted by Crippen LogP contribution is 2.13. The maximum atomic E-state index is 12.2. The van der Waals surface area contributed by atoms with Crippen LogP contribution in [0.25, 0.3) is 11.3 Å². The van der Waals surface area contributed by atoms with Gasteiger partial charge in [0, 0.05) is 29.6 Å². The van der Waals surface area contributed by atoms with Gasteiger partial charge >= 0.3 is 0 Å². The van der Waals surface area contributed by atoms with E-state index in [1.807, 2.05) is 47.8 Å². The van der Waals surface area contributed by atoms with E-state index >= 15 is 0 Å². The summed E-state index contributed by atoms with van der Waals surface area (Å²) in [5, 5.41) is 4.77. The maximum Gasteiger partial charge on any atom is 0.253 e. The Balaban J connectivity index is 1.56. The molecule has 0 atom stereocenters. The quantitative estimate of drug-likeness (QED) is 0.750. The second-order valence-electron chi connectivity index (χ2n) is 5.28. The average molecular weight is 339 g/mol. The van der Waals surface area contributed by atoms with E-state index in [0.717, 1.165) is 10.4 Å². The number of benzene rings is 1. The zero-order valence-corrected chi connectivity index (χ0v) is 13.8. The topological polar surface area (TPSA) is 64.0 Å². The Labute approximate surface area is 143 Å². The zero-order valence-electron chi connectivity index (χ0n) is 13.0. The van der Waals surface area contributed by atoms with Crippen LogP contribution in [0.5, 0.6) is 0 Å². The Morgan fingerprint density at radius 1 is 1.17 bits per heavy atom. The van der Waals surface area contributed by atoms with Gasteiger partial charge in [-0.2, -0.15) is 0 Å². The van der Waals surface area contributed by atoms with Crippen LogP contribution in [0.1, 0.15) is 4.88 Å². The number of amides is 1. The van der Waals surface area contributed by atoms with Crippen molar-refractivity contribution >= 4 is 17.2 Å². The largest absolute Gasteiger partial charge is 0.354 e. The second kappa shape index (κ2) is 7.70. The predicted molar refractivity (Wildman–Crippen MR) is 95.0 cm³/mol. The third-order valence-corrected chi connectivity index (χ3v) is 4.42. The van der Waals surface area contributed by atoms with Crippen LogP contribution in [0.4, 0.5) is 0 Å². The van der Waals surface area contributed by atoms with Crippen LogP contribution in [-0.2, 0) is 17.8 Å². The number of carbonyl (C=O) groups is 1. The molecule has 0 saturated heterocycles. The predicted octanol–water partition coefficient (Wildman–Crippen LogP) is 2.33. The summed E-state index contributed by atoms with van der Waals surface area (Å²) >= 11 is 1.56. The lowest BCUT2D eigenvalue weighted by Crippen LogP contribution is -2.31. The van der Waals surface area contributed by atoms with Crippen LogP contribution in [0.3, 0.4) is 0 Å². The summed E-state index contributed by atoms with van der Waals surface area (Å²) < 4.78 is 1.50. The van der Waals surface area contributed by atoms with Gasteiger partial charge in [0.15, 0.2) is 0 Å². The van der Waals surface area contributed by atoms with E-state index in [1.54, 1.807) is 11.3 Å². The van der Waals surface area contributed by atoms with Crippen LogP contribution in [0, 0.1) is 0 Å². The van der Waals surface area contributed by atoms with Crippen LogP contribution in [0.2, 0.25) is 0 Å². The number of rotatable bonds is 6. The number of nitrogens with one attached hydrogen (secondary N) is 1. The first-order chi connectivity index (χ1) is 11.7. The van der Waals surface area contributed by atoms with Crippen LogP contribution in [-0.4, -0.2) is 22.0 Å². The first kappa shape index (κ1) is 16.1. The van der Waals surface area contributed by atoms with Crippen molar-refractivity contribution in [1.29, 1.82) is 0 Å². The summed E-state index contributed by atoms with van der Waals surface area (Å²) in [5.74, 6) is -0.0423. The molecule has 1 amide bonds. The molecule has 6 heteroatoms. The summed E-state index contributed by atoms with van der Waals surface area (Å²) in [4.78, 5) is 29.3. The minimum atomic E-state index is -0.128. The Hall–Kier alpha value is -2.73. The lowest BCUT2D eigenvalue weighted by atomic mass is 10.1. The minimum absolute atomic E-state index is 0.0423. The summed E-state index contributed by atoms with van der Waals surface area (Å²) in [6, 6.07) is 14.9. The van der Waals surface area contributed by atoms with Gasteiger partial charge in [-0.1, -0.05) is 36.4 Å². The fraction of sp³-hybridized carbons (Fsp3) is 0.167. The highest BCUT2D eigenvalue weighted by Gasteiger charge is 2.05.